The average Bonchev–Trinajstić information content (AvgIpc) is 3.00. The molecule has 2 N–H and O–H groups in total. The fourth-order valence-corrected chi connectivity index (χ4v) is 3.49. The molecule has 0 fully saturated rings. The lowest BCUT2D eigenvalue weighted by Gasteiger charge is -2.21. The molecule has 0 atom stereocenters. The van der Waals surface area contributed by atoms with Gasteiger partial charge >= 0.3 is 5.97 Å². The molecule has 1 aromatic carbocycles. The van der Waals surface area contributed by atoms with Crippen LogP contribution in [0.1, 0.15) is 31.6 Å². The van der Waals surface area contributed by atoms with Crippen molar-refractivity contribution in [2.75, 3.05) is 7.11 Å². The molecule has 0 aliphatic heterocycles. The first kappa shape index (κ1) is 19.0. The molecule has 6 heteroatoms. The maximum absolute atomic E-state index is 12.0. The summed E-state index contributed by atoms with van der Waals surface area (Å²) in [5.41, 5.74) is 0.547. The third-order valence-corrected chi connectivity index (χ3v) is 4.90. The maximum atomic E-state index is 12.0. The molecule has 1 aromatic heterocycles. The Balaban J connectivity index is 1.90. The highest BCUT2D eigenvalue weighted by molar-refractivity contribution is 7.15. The van der Waals surface area contributed by atoms with Gasteiger partial charge in [-0.1, -0.05) is 13.8 Å². The zero-order chi connectivity index (χ0) is 18.4. The number of hydrogen-bond donors (Lipinski definition) is 2. The van der Waals surface area contributed by atoms with E-state index in [2.05, 4.69) is 5.32 Å². The highest BCUT2D eigenvalue weighted by Crippen LogP contribution is 2.29. The first-order valence-corrected chi connectivity index (χ1v) is 8.82. The maximum Gasteiger partial charge on any atom is 0.303 e. The van der Waals surface area contributed by atoms with Gasteiger partial charge in [-0.3, -0.25) is 9.59 Å². The van der Waals surface area contributed by atoms with Crippen molar-refractivity contribution in [3.05, 3.63) is 41.3 Å². The van der Waals surface area contributed by atoms with Crippen molar-refractivity contribution in [1.82, 2.24) is 5.32 Å². The molecule has 2 rings (SSSR count). The summed E-state index contributed by atoms with van der Waals surface area (Å²) in [7, 11) is 1.64. The Labute approximate surface area is 151 Å². The molecule has 5 nitrogen and oxygen atoms in total. The lowest BCUT2D eigenvalue weighted by atomic mass is 9.85. The molecule has 0 spiro atoms. The van der Waals surface area contributed by atoms with Crippen LogP contribution in [0.2, 0.25) is 0 Å². The van der Waals surface area contributed by atoms with Crippen LogP contribution in [0.15, 0.2) is 36.4 Å². The van der Waals surface area contributed by atoms with E-state index in [0.29, 0.717) is 6.54 Å². The summed E-state index contributed by atoms with van der Waals surface area (Å²) in [6.45, 7) is 4.02. The van der Waals surface area contributed by atoms with Crippen LogP contribution in [0.25, 0.3) is 10.4 Å². The number of carbonyl (C=O) groups is 2. The van der Waals surface area contributed by atoms with Crippen LogP contribution in [0.4, 0.5) is 0 Å². The number of carboxylic acid groups (broad SMARTS) is 1. The van der Waals surface area contributed by atoms with E-state index in [4.69, 9.17) is 9.84 Å². The number of nitrogens with one attached hydrogen (secondary N) is 1. The number of carboxylic acids is 1. The fraction of sp³-hybridized carbons (Fsp3) is 0.368. The first-order valence-electron chi connectivity index (χ1n) is 8.01. The summed E-state index contributed by atoms with van der Waals surface area (Å²) in [4.78, 5) is 25.0. The molecule has 0 aliphatic rings. The predicted octanol–water partition coefficient (Wildman–Crippen LogP) is 3.93. The summed E-state index contributed by atoms with van der Waals surface area (Å²) >= 11 is 1.62. The Morgan fingerprint density at radius 2 is 1.80 bits per heavy atom. The van der Waals surface area contributed by atoms with Gasteiger partial charge in [0.1, 0.15) is 5.75 Å². The largest absolute Gasteiger partial charge is 0.497 e. The molecule has 0 aliphatic carbocycles. The topological polar surface area (TPSA) is 75.6 Å². The van der Waals surface area contributed by atoms with Crippen LogP contribution in [0, 0.1) is 5.41 Å². The Bertz CT molecular complexity index is 734. The van der Waals surface area contributed by atoms with Gasteiger partial charge in [-0.15, -0.1) is 11.3 Å². The van der Waals surface area contributed by atoms with Crippen LogP contribution >= 0.6 is 11.3 Å². The minimum absolute atomic E-state index is 0.0267. The Morgan fingerprint density at radius 1 is 1.12 bits per heavy atom. The van der Waals surface area contributed by atoms with E-state index in [1.165, 1.54) is 0 Å². The van der Waals surface area contributed by atoms with Gasteiger partial charge in [0.15, 0.2) is 0 Å². The van der Waals surface area contributed by atoms with Crippen molar-refractivity contribution < 1.29 is 19.4 Å². The molecule has 2 aromatic rings. The number of amides is 1. The number of ether oxygens (including phenoxy) is 1. The van der Waals surface area contributed by atoms with Crippen LogP contribution in [-0.4, -0.2) is 24.1 Å². The van der Waals surface area contributed by atoms with Gasteiger partial charge in [0, 0.05) is 16.2 Å². The summed E-state index contributed by atoms with van der Waals surface area (Å²) in [5.74, 6) is -0.206. The summed E-state index contributed by atoms with van der Waals surface area (Å²) in [6.07, 6.45) is 0.164. The molecule has 0 saturated heterocycles. The van der Waals surface area contributed by atoms with E-state index >= 15 is 0 Å². The number of thiophene rings is 1. The smallest absolute Gasteiger partial charge is 0.303 e. The third kappa shape index (κ3) is 5.90. The van der Waals surface area contributed by atoms with Gasteiger partial charge in [0.25, 0.3) is 0 Å². The quantitative estimate of drug-likeness (QED) is 0.747. The van der Waals surface area contributed by atoms with Crippen LogP contribution in [0.5, 0.6) is 5.75 Å². The normalized spacial score (nSPS) is 11.2. The number of rotatable bonds is 8. The first-order chi connectivity index (χ1) is 11.8. The van der Waals surface area contributed by atoms with Crippen LogP contribution < -0.4 is 10.1 Å². The third-order valence-electron chi connectivity index (χ3n) is 3.76. The lowest BCUT2D eigenvalue weighted by molar-refractivity contribution is -0.139. The van der Waals surface area contributed by atoms with Crippen molar-refractivity contribution >= 4 is 23.2 Å². The van der Waals surface area contributed by atoms with E-state index in [1.54, 1.807) is 32.3 Å². The van der Waals surface area contributed by atoms with Gasteiger partial charge < -0.3 is 15.2 Å². The lowest BCUT2D eigenvalue weighted by Crippen LogP contribution is -2.29. The summed E-state index contributed by atoms with van der Waals surface area (Å²) in [5, 5.41) is 11.7. The van der Waals surface area contributed by atoms with Crippen molar-refractivity contribution in [3.8, 4) is 16.2 Å². The van der Waals surface area contributed by atoms with Crippen molar-refractivity contribution in [3.63, 3.8) is 0 Å². The molecule has 1 heterocycles. The van der Waals surface area contributed by atoms with Crippen LogP contribution in [-0.2, 0) is 16.1 Å². The molecular weight excluding hydrogens is 338 g/mol. The average molecular weight is 361 g/mol. The van der Waals surface area contributed by atoms with E-state index in [0.717, 1.165) is 21.1 Å². The standard InChI is InChI=1S/C19H23NO4S/c1-19(2,11-18(22)23)10-17(21)20-12-15-8-9-16(25-15)13-4-6-14(24-3)7-5-13/h4-9H,10-12H2,1-3H3,(H,20,21)(H,22,23). The second kappa shape index (κ2) is 8.16. The van der Waals surface area contributed by atoms with Gasteiger partial charge in [-0.25, -0.2) is 0 Å². The van der Waals surface area contributed by atoms with Crippen molar-refractivity contribution in [1.29, 1.82) is 0 Å². The second-order valence-electron chi connectivity index (χ2n) is 6.68. The Morgan fingerprint density at radius 3 is 2.40 bits per heavy atom. The summed E-state index contributed by atoms with van der Waals surface area (Å²) < 4.78 is 5.16. The van der Waals surface area contributed by atoms with Gasteiger partial charge in [-0.2, -0.15) is 0 Å². The van der Waals surface area contributed by atoms with Gasteiger partial charge in [-0.05, 0) is 47.4 Å². The molecular formula is C19H23NO4S. The summed E-state index contributed by atoms with van der Waals surface area (Å²) in [6, 6.07) is 11.9. The Kier molecular flexibility index (Phi) is 6.20. The zero-order valence-electron chi connectivity index (χ0n) is 14.7. The minimum atomic E-state index is -0.889. The minimum Gasteiger partial charge on any atom is -0.497 e. The van der Waals surface area contributed by atoms with Crippen molar-refractivity contribution in [2.24, 2.45) is 5.41 Å². The molecule has 0 saturated carbocycles. The number of methoxy groups -OCH3 is 1. The SMILES string of the molecule is COc1ccc(-c2ccc(CNC(=O)CC(C)(C)CC(=O)O)s2)cc1. The van der Waals surface area contributed by atoms with Crippen molar-refractivity contribution in [2.45, 2.75) is 33.2 Å². The van der Waals surface area contributed by atoms with Crippen LogP contribution in [0.3, 0.4) is 0 Å². The molecule has 0 radical (unpaired) electrons. The zero-order valence-corrected chi connectivity index (χ0v) is 15.5. The Hall–Kier alpha value is -2.34. The number of benzene rings is 1. The molecule has 25 heavy (non-hydrogen) atoms. The van der Waals surface area contributed by atoms with Gasteiger partial charge in [0.05, 0.1) is 20.1 Å². The van der Waals surface area contributed by atoms with E-state index in [1.807, 2.05) is 36.4 Å². The van der Waals surface area contributed by atoms with Gasteiger partial charge in [0.2, 0.25) is 5.91 Å². The predicted molar refractivity (Wildman–Crippen MR) is 98.8 cm³/mol. The number of carbonyl (C=O) groups excluding carboxylic acids is 1. The molecule has 0 bridgehead atoms. The van der Waals surface area contributed by atoms with E-state index in [-0.39, 0.29) is 18.7 Å². The molecule has 1 amide bonds. The molecule has 134 valence electrons. The van der Waals surface area contributed by atoms with E-state index < -0.39 is 11.4 Å². The molecule has 0 unspecified atom stereocenters. The number of aliphatic carboxylic acids is 1. The second-order valence-corrected chi connectivity index (χ2v) is 7.85. The highest BCUT2D eigenvalue weighted by atomic mass is 32.1. The highest BCUT2D eigenvalue weighted by Gasteiger charge is 2.25. The monoisotopic (exact) mass is 361 g/mol. The number of hydrogen-bond acceptors (Lipinski definition) is 4. The van der Waals surface area contributed by atoms with E-state index in [9.17, 15) is 9.59 Å². The fourth-order valence-electron chi connectivity index (χ4n) is 2.54.